The highest BCUT2D eigenvalue weighted by Gasteiger charge is 2.56. The van der Waals surface area contributed by atoms with Crippen molar-refractivity contribution in [3.63, 3.8) is 0 Å². The van der Waals surface area contributed by atoms with Crippen molar-refractivity contribution in [3.05, 3.63) is 23.8 Å². The maximum absolute atomic E-state index is 12.7. The van der Waals surface area contributed by atoms with E-state index in [1.807, 2.05) is 0 Å². The molecule has 0 radical (unpaired) electrons. The molecule has 0 bridgehead atoms. The lowest BCUT2D eigenvalue weighted by Gasteiger charge is -2.19. The molecule has 10 heteroatoms. The number of benzene rings is 1. The summed E-state index contributed by atoms with van der Waals surface area (Å²) in [5, 5.41) is 0. The third-order valence-corrected chi connectivity index (χ3v) is 3.78. The molecule has 0 saturated heterocycles. The molecule has 0 aliphatic rings. The van der Waals surface area contributed by atoms with E-state index in [2.05, 4.69) is 0 Å². The van der Waals surface area contributed by atoms with Gasteiger partial charge in [0.2, 0.25) is 0 Å². The van der Waals surface area contributed by atoms with Crippen LogP contribution >= 0.6 is 0 Å². The summed E-state index contributed by atoms with van der Waals surface area (Å²) in [6.07, 6.45) is -7.77. The molecule has 0 fully saturated rings. The molecule has 1 aromatic carbocycles. The van der Waals surface area contributed by atoms with Gasteiger partial charge in [-0.15, -0.1) is 0 Å². The number of hydrogen-bond acceptors (Lipinski definition) is 3. The van der Waals surface area contributed by atoms with Gasteiger partial charge in [0.1, 0.15) is 10.6 Å². The standard InChI is InChI=1S/C12H13F5O4S/c1-8-4-2-5-9(10(8)22(18,19)20)21-7-3-6-11(13,14)12(15,16)17/h2,4-5H,3,6-7H2,1H3,(H,18,19,20). The van der Waals surface area contributed by atoms with E-state index in [-0.39, 0.29) is 11.3 Å². The minimum atomic E-state index is -5.64. The second kappa shape index (κ2) is 6.37. The van der Waals surface area contributed by atoms with Crippen molar-refractivity contribution < 1.29 is 39.7 Å². The molecule has 0 saturated carbocycles. The Kier molecular flexibility index (Phi) is 5.39. The average Bonchev–Trinajstić information content (AvgIpc) is 2.31. The van der Waals surface area contributed by atoms with E-state index in [0.29, 0.717) is 0 Å². The number of hydrogen-bond donors (Lipinski definition) is 1. The molecule has 0 amide bonds. The molecule has 0 aliphatic carbocycles. The van der Waals surface area contributed by atoms with Gasteiger partial charge in [-0.2, -0.15) is 30.4 Å². The van der Waals surface area contributed by atoms with Crippen molar-refractivity contribution in [3.8, 4) is 5.75 Å². The van der Waals surface area contributed by atoms with Gasteiger partial charge in [0.05, 0.1) is 6.61 Å². The van der Waals surface area contributed by atoms with Crippen LogP contribution in [-0.2, 0) is 10.1 Å². The predicted octanol–water partition coefficient (Wildman–Crippen LogP) is 3.60. The molecule has 0 aromatic heterocycles. The topological polar surface area (TPSA) is 63.6 Å². The third-order valence-electron chi connectivity index (χ3n) is 2.74. The lowest BCUT2D eigenvalue weighted by molar-refractivity contribution is -0.284. The van der Waals surface area contributed by atoms with Crippen molar-refractivity contribution in [1.29, 1.82) is 0 Å². The molecule has 1 aromatic rings. The molecule has 0 unspecified atom stereocenters. The average molecular weight is 348 g/mol. The van der Waals surface area contributed by atoms with Crippen molar-refractivity contribution in [2.75, 3.05) is 6.61 Å². The summed E-state index contributed by atoms with van der Waals surface area (Å²) in [4.78, 5) is -0.544. The van der Waals surface area contributed by atoms with E-state index in [0.717, 1.165) is 6.07 Å². The van der Waals surface area contributed by atoms with Gasteiger partial charge in [0.25, 0.3) is 10.1 Å². The van der Waals surface area contributed by atoms with Crippen molar-refractivity contribution >= 4 is 10.1 Å². The zero-order valence-corrected chi connectivity index (χ0v) is 12.1. The van der Waals surface area contributed by atoms with Crippen LogP contribution in [0, 0.1) is 6.92 Å². The monoisotopic (exact) mass is 348 g/mol. The van der Waals surface area contributed by atoms with E-state index in [1.54, 1.807) is 0 Å². The Labute approximate surface area is 123 Å². The number of alkyl halides is 5. The van der Waals surface area contributed by atoms with Crippen LogP contribution in [0.2, 0.25) is 0 Å². The number of rotatable bonds is 6. The molecule has 0 aliphatic heterocycles. The molecule has 0 spiro atoms. The molecule has 4 nitrogen and oxygen atoms in total. The Bertz CT molecular complexity index is 625. The molecule has 126 valence electrons. The van der Waals surface area contributed by atoms with Crippen LogP contribution in [-0.4, -0.2) is 31.7 Å². The largest absolute Gasteiger partial charge is 0.492 e. The van der Waals surface area contributed by atoms with E-state index in [1.165, 1.54) is 19.1 Å². The molecule has 0 atom stereocenters. The maximum atomic E-state index is 12.7. The minimum Gasteiger partial charge on any atom is -0.492 e. The van der Waals surface area contributed by atoms with E-state index >= 15 is 0 Å². The van der Waals surface area contributed by atoms with Gasteiger partial charge in [-0.3, -0.25) is 4.55 Å². The first-order valence-corrected chi connectivity index (χ1v) is 7.45. The highest BCUT2D eigenvalue weighted by atomic mass is 32.2. The first-order valence-electron chi connectivity index (χ1n) is 6.01. The van der Waals surface area contributed by atoms with Crippen LogP contribution in [0.3, 0.4) is 0 Å². The molecule has 1 N–H and O–H groups in total. The molecular formula is C12H13F5O4S. The number of aryl methyl sites for hydroxylation is 1. The SMILES string of the molecule is Cc1cccc(OCCCC(F)(F)C(F)(F)F)c1S(=O)(=O)O. The summed E-state index contributed by atoms with van der Waals surface area (Å²) < 4.78 is 97.6. The smallest absolute Gasteiger partial charge is 0.453 e. The third kappa shape index (κ3) is 4.54. The summed E-state index contributed by atoms with van der Waals surface area (Å²) in [5.41, 5.74) is 0.153. The molecule has 22 heavy (non-hydrogen) atoms. The van der Waals surface area contributed by atoms with Gasteiger partial charge in [0, 0.05) is 6.42 Å². The minimum absolute atomic E-state index is 0.153. The lowest BCUT2D eigenvalue weighted by atomic mass is 10.2. The predicted molar refractivity (Wildman–Crippen MR) is 66.7 cm³/mol. The highest BCUT2D eigenvalue weighted by molar-refractivity contribution is 7.86. The number of halogens is 5. The first kappa shape index (κ1) is 18.6. The van der Waals surface area contributed by atoms with Crippen LogP contribution in [0.4, 0.5) is 22.0 Å². The van der Waals surface area contributed by atoms with E-state index < -0.39 is 46.6 Å². The van der Waals surface area contributed by atoms with Crippen molar-refractivity contribution in [2.24, 2.45) is 0 Å². The van der Waals surface area contributed by atoms with Crippen LogP contribution in [0.15, 0.2) is 23.1 Å². The van der Waals surface area contributed by atoms with Gasteiger partial charge < -0.3 is 4.74 Å². The van der Waals surface area contributed by atoms with Gasteiger partial charge in [0.15, 0.2) is 0 Å². The summed E-state index contributed by atoms with van der Waals surface area (Å²) in [5.74, 6) is -5.15. The molecular weight excluding hydrogens is 335 g/mol. The van der Waals surface area contributed by atoms with Gasteiger partial charge in [-0.25, -0.2) is 0 Å². The van der Waals surface area contributed by atoms with Gasteiger partial charge >= 0.3 is 12.1 Å². The maximum Gasteiger partial charge on any atom is 0.453 e. The summed E-state index contributed by atoms with van der Waals surface area (Å²) in [6.45, 7) is 0.811. The normalized spacial score (nSPS) is 13.2. The fraction of sp³-hybridized carbons (Fsp3) is 0.500. The first-order chi connectivity index (χ1) is 9.86. The van der Waals surface area contributed by atoms with Crippen LogP contribution in [0.25, 0.3) is 0 Å². The Hall–Kier alpha value is -1.42. The van der Waals surface area contributed by atoms with Crippen LogP contribution in [0.5, 0.6) is 5.75 Å². The van der Waals surface area contributed by atoms with Gasteiger partial charge in [-0.1, -0.05) is 12.1 Å². The summed E-state index contributed by atoms with van der Waals surface area (Å²) in [6, 6.07) is 3.93. The van der Waals surface area contributed by atoms with E-state index in [9.17, 15) is 30.4 Å². The summed E-state index contributed by atoms with van der Waals surface area (Å²) in [7, 11) is -4.61. The zero-order valence-electron chi connectivity index (χ0n) is 11.3. The van der Waals surface area contributed by atoms with Crippen molar-refractivity contribution in [1.82, 2.24) is 0 Å². The second-order valence-electron chi connectivity index (χ2n) is 4.53. The Morgan fingerprint density at radius 1 is 1.18 bits per heavy atom. The molecule has 0 heterocycles. The fourth-order valence-corrected chi connectivity index (χ4v) is 2.54. The fourth-order valence-electron chi connectivity index (χ4n) is 1.69. The Morgan fingerprint density at radius 2 is 1.77 bits per heavy atom. The lowest BCUT2D eigenvalue weighted by Crippen LogP contribution is -2.36. The quantitative estimate of drug-likeness (QED) is 0.485. The Balaban J connectivity index is 2.74. The Morgan fingerprint density at radius 3 is 2.27 bits per heavy atom. The highest BCUT2D eigenvalue weighted by Crippen LogP contribution is 2.38. The van der Waals surface area contributed by atoms with Gasteiger partial charge in [-0.05, 0) is 25.0 Å². The molecule has 1 rings (SSSR count). The zero-order chi connectivity index (χ0) is 17.2. The van der Waals surface area contributed by atoms with Crippen LogP contribution < -0.4 is 4.74 Å². The summed E-state index contributed by atoms with van der Waals surface area (Å²) >= 11 is 0. The van der Waals surface area contributed by atoms with Crippen molar-refractivity contribution in [2.45, 2.75) is 36.8 Å². The van der Waals surface area contributed by atoms with Crippen LogP contribution in [0.1, 0.15) is 18.4 Å². The van der Waals surface area contributed by atoms with E-state index in [4.69, 9.17) is 9.29 Å². The number of ether oxygens (including phenoxy) is 1. The second-order valence-corrected chi connectivity index (χ2v) is 5.89.